The molecule has 3 heterocycles. The number of aliphatic hydroxyl groups excluding tert-OH is 1. The smallest absolute Gasteiger partial charge is 0.290 e. The van der Waals surface area contributed by atoms with Crippen molar-refractivity contribution in [3.63, 3.8) is 0 Å². The van der Waals surface area contributed by atoms with Gasteiger partial charge in [0, 0.05) is 35.5 Å². The van der Waals surface area contributed by atoms with Crippen LogP contribution in [-0.2, 0) is 9.53 Å². The molecule has 1 N–H and O–H groups in total. The fraction of sp³-hybridized carbons (Fsp3) is 0.273. The molecule has 0 saturated carbocycles. The zero-order valence-corrected chi connectivity index (χ0v) is 18.0. The van der Waals surface area contributed by atoms with Crippen LogP contribution in [-0.4, -0.2) is 42.0 Å². The number of furan rings is 1. The molecule has 156 valence electrons. The number of amides is 1. The van der Waals surface area contributed by atoms with Crippen LogP contribution in [0.5, 0.6) is 0 Å². The zero-order valence-electron chi connectivity index (χ0n) is 16.5. The summed E-state index contributed by atoms with van der Waals surface area (Å²) in [6, 6.07) is 7.90. The predicted molar refractivity (Wildman–Crippen MR) is 115 cm³/mol. The molecule has 6 nitrogen and oxygen atoms in total. The standard InChI is InChI=1S/C22H20ClNO5S/c1-12-6-9-30-21(12)18-17(20(26)22(27)24(18)7-3-8-28-2)19(25)16-11-13-10-14(23)4-5-15(13)29-16/h4-6,9-11,18,26H,3,7-8H2,1-2H3. The van der Waals surface area contributed by atoms with Gasteiger partial charge in [-0.15, -0.1) is 11.3 Å². The van der Waals surface area contributed by atoms with Crippen LogP contribution in [0.4, 0.5) is 0 Å². The van der Waals surface area contributed by atoms with Gasteiger partial charge in [0.15, 0.2) is 11.5 Å². The third kappa shape index (κ3) is 3.53. The van der Waals surface area contributed by atoms with E-state index in [2.05, 4.69) is 0 Å². The van der Waals surface area contributed by atoms with Gasteiger partial charge in [-0.1, -0.05) is 11.6 Å². The zero-order chi connectivity index (χ0) is 21.4. The van der Waals surface area contributed by atoms with Crippen molar-refractivity contribution >= 4 is 45.6 Å². The third-order valence-electron chi connectivity index (χ3n) is 5.15. The maximum atomic E-state index is 13.4. The number of nitrogens with zero attached hydrogens (tertiary/aromatic N) is 1. The lowest BCUT2D eigenvalue weighted by atomic mass is 9.98. The normalized spacial score (nSPS) is 16.8. The van der Waals surface area contributed by atoms with Crippen LogP contribution in [0.3, 0.4) is 0 Å². The van der Waals surface area contributed by atoms with Crippen LogP contribution in [0, 0.1) is 6.92 Å². The number of methoxy groups -OCH3 is 1. The summed E-state index contributed by atoms with van der Waals surface area (Å²) in [6.45, 7) is 2.74. The molecule has 4 rings (SSSR count). The van der Waals surface area contributed by atoms with Gasteiger partial charge >= 0.3 is 0 Å². The van der Waals surface area contributed by atoms with Gasteiger partial charge in [-0.2, -0.15) is 0 Å². The molecule has 0 saturated heterocycles. The molecule has 0 fully saturated rings. The maximum absolute atomic E-state index is 13.4. The van der Waals surface area contributed by atoms with Crippen LogP contribution in [0.2, 0.25) is 5.02 Å². The van der Waals surface area contributed by atoms with E-state index < -0.39 is 23.5 Å². The maximum Gasteiger partial charge on any atom is 0.290 e. The number of fused-ring (bicyclic) bond motifs is 1. The van der Waals surface area contributed by atoms with Crippen molar-refractivity contribution in [3.05, 3.63) is 68.3 Å². The number of benzene rings is 1. The molecule has 1 aromatic carbocycles. The Morgan fingerprint density at radius 2 is 2.13 bits per heavy atom. The first-order valence-electron chi connectivity index (χ1n) is 9.43. The molecule has 2 aromatic heterocycles. The van der Waals surface area contributed by atoms with Crippen molar-refractivity contribution in [2.45, 2.75) is 19.4 Å². The SMILES string of the molecule is COCCCN1C(=O)C(O)=C(C(=O)c2cc3cc(Cl)ccc3o2)C1c1sccc1C. The average molecular weight is 446 g/mol. The number of ketones is 1. The lowest BCUT2D eigenvalue weighted by Crippen LogP contribution is -2.32. The second-order valence-corrected chi connectivity index (χ2v) is 8.48. The van der Waals surface area contributed by atoms with Crippen molar-refractivity contribution in [2.75, 3.05) is 20.3 Å². The molecule has 1 aliphatic rings. The molecule has 1 aliphatic heterocycles. The number of Topliss-reactive ketones (excluding diaryl/α,β-unsaturated/α-hetero) is 1. The van der Waals surface area contributed by atoms with Gasteiger partial charge in [0.1, 0.15) is 5.58 Å². The summed E-state index contributed by atoms with van der Waals surface area (Å²) in [5.74, 6) is -1.56. The van der Waals surface area contributed by atoms with E-state index >= 15 is 0 Å². The number of aryl methyl sites for hydroxylation is 1. The Morgan fingerprint density at radius 3 is 2.83 bits per heavy atom. The summed E-state index contributed by atoms with van der Waals surface area (Å²) in [7, 11) is 1.59. The van der Waals surface area contributed by atoms with Crippen molar-refractivity contribution in [3.8, 4) is 0 Å². The van der Waals surface area contributed by atoms with Crippen LogP contribution in [0.15, 0.2) is 51.5 Å². The molecule has 8 heteroatoms. The number of halogens is 1. The largest absolute Gasteiger partial charge is 0.503 e. The molecule has 1 unspecified atom stereocenters. The second-order valence-electron chi connectivity index (χ2n) is 7.10. The molecule has 1 atom stereocenters. The quantitative estimate of drug-likeness (QED) is 0.405. The minimum Gasteiger partial charge on any atom is -0.503 e. The second kappa shape index (κ2) is 8.26. The molecule has 3 aromatic rings. The van der Waals surface area contributed by atoms with E-state index in [0.29, 0.717) is 35.6 Å². The van der Waals surface area contributed by atoms with E-state index in [1.165, 1.54) is 16.2 Å². The molecule has 30 heavy (non-hydrogen) atoms. The summed E-state index contributed by atoms with van der Waals surface area (Å²) in [6.07, 6.45) is 0.584. The Morgan fingerprint density at radius 1 is 1.33 bits per heavy atom. The van der Waals surface area contributed by atoms with Crippen molar-refractivity contribution in [2.24, 2.45) is 0 Å². The monoisotopic (exact) mass is 445 g/mol. The Balaban J connectivity index is 1.77. The minimum absolute atomic E-state index is 0.0353. The highest BCUT2D eigenvalue weighted by Gasteiger charge is 2.45. The van der Waals surface area contributed by atoms with Gasteiger partial charge in [-0.3, -0.25) is 9.59 Å². The first-order chi connectivity index (χ1) is 14.4. The first-order valence-corrected chi connectivity index (χ1v) is 10.7. The number of thiophene rings is 1. The summed E-state index contributed by atoms with van der Waals surface area (Å²) in [5, 5.41) is 13.8. The number of aliphatic hydroxyl groups is 1. The van der Waals surface area contributed by atoms with Crippen LogP contribution < -0.4 is 0 Å². The van der Waals surface area contributed by atoms with Crippen LogP contribution in [0.1, 0.15) is 33.5 Å². The van der Waals surface area contributed by atoms with E-state index in [1.807, 2.05) is 18.4 Å². The summed E-state index contributed by atoms with van der Waals surface area (Å²) in [5.41, 5.74) is 1.49. The fourth-order valence-electron chi connectivity index (χ4n) is 3.69. The van der Waals surface area contributed by atoms with Gasteiger partial charge in [-0.05, 0) is 54.6 Å². The Labute approximate surface area is 182 Å². The number of ether oxygens (including phenoxy) is 1. The highest BCUT2D eigenvalue weighted by atomic mass is 35.5. The van der Waals surface area contributed by atoms with E-state index in [1.54, 1.807) is 31.4 Å². The number of hydrogen-bond acceptors (Lipinski definition) is 6. The Kier molecular flexibility index (Phi) is 5.69. The van der Waals surface area contributed by atoms with E-state index in [9.17, 15) is 14.7 Å². The third-order valence-corrected chi connectivity index (χ3v) is 6.45. The predicted octanol–water partition coefficient (Wildman–Crippen LogP) is 5.07. The molecular weight excluding hydrogens is 426 g/mol. The molecule has 0 bridgehead atoms. The molecule has 0 aliphatic carbocycles. The van der Waals surface area contributed by atoms with E-state index in [4.69, 9.17) is 20.8 Å². The van der Waals surface area contributed by atoms with Crippen LogP contribution in [0.25, 0.3) is 11.0 Å². The van der Waals surface area contributed by atoms with Crippen molar-refractivity contribution in [1.82, 2.24) is 4.90 Å². The van der Waals surface area contributed by atoms with Crippen molar-refractivity contribution < 1.29 is 23.8 Å². The average Bonchev–Trinajstić information content (AvgIpc) is 3.39. The summed E-state index contributed by atoms with van der Waals surface area (Å²) in [4.78, 5) is 28.6. The van der Waals surface area contributed by atoms with E-state index in [-0.39, 0.29) is 11.3 Å². The number of hydrogen-bond donors (Lipinski definition) is 1. The number of rotatable bonds is 7. The van der Waals surface area contributed by atoms with Gasteiger partial charge in [0.2, 0.25) is 5.78 Å². The molecular formula is C22H20ClNO5S. The number of carbonyl (C=O) groups is 2. The Bertz CT molecular complexity index is 1160. The lowest BCUT2D eigenvalue weighted by Gasteiger charge is -2.26. The van der Waals surface area contributed by atoms with Crippen molar-refractivity contribution in [1.29, 1.82) is 0 Å². The van der Waals surface area contributed by atoms with Gasteiger partial charge in [-0.25, -0.2) is 0 Å². The van der Waals surface area contributed by atoms with Gasteiger partial charge in [0.05, 0.1) is 11.6 Å². The van der Waals surface area contributed by atoms with Gasteiger partial charge in [0.25, 0.3) is 5.91 Å². The first kappa shape index (κ1) is 20.7. The lowest BCUT2D eigenvalue weighted by molar-refractivity contribution is -0.129. The van der Waals surface area contributed by atoms with E-state index in [0.717, 1.165) is 10.4 Å². The highest BCUT2D eigenvalue weighted by Crippen LogP contribution is 2.42. The molecule has 0 radical (unpaired) electrons. The van der Waals surface area contributed by atoms with Crippen LogP contribution >= 0.6 is 22.9 Å². The minimum atomic E-state index is -0.668. The summed E-state index contributed by atoms with van der Waals surface area (Å²) < 4.78 is 10.8. The topological polar surface area (TPSA) is 80.0 Å². The Hall–Kier alpha value is -2.61. The number of carbonyl (C=O) groups excluding carboxylic acids is 2. The van der Waals surface area contributed by atoms with Gasteiger partial charge < -0.3 is 19.2 Å². The summed E-state index contributed by atoms with van der Waals surface area (Å²) >= 11 is 7.47. The molecule has 1 amide bonds. The molecule has 0 spiro atoms. The fourth-order valence-corrected chi connectivity index (χ4v) is 4.92. The highest BCUT2D eigenvalue weighted by molar-refractivity contribution is 7.10.